The third kappa shape index (κ3) is 2.69. The summed E-state index contributed by atoms with van der Waals surface area (Å²) in [5.74, 6) is 0.700. The number of nitrogens with one attached hydrogen (secondary N) is 1. The van der Waals surface area contributed by atoms with Gasteiger partial charge in [-0.1, -0.05) is 18.2 Å². The van der Waals surface area contributed by atoms with Crippen molar-refractivity contribution in [3.8, 4) is 28.5 Å². The van der Waals surface area contributed by atoms with Crippen molar-refractivity contribution in [3.63, 3.8) is 0 Å². The first-order chi connectivity index (χ1) is 13.2. The summed E-state index contributed by atoms with van der Waals surface area (Å²) in [5.41, 5.74) is 2.73. The summed E-state index contributed by atoms with van der Waals surface area (Å²) >= 11 is 0. The first kappa shape index (κ1) is 15.5. The van der Waals surface area contributed by atoms with Crippen LogP contribution in [0.4, 0.5) is 0 Å². The van der Waals surface area contributed by atoms with E-state index in [1.165, 1.54) is 0 Å². The van der Waals surface area contributed by atoms with Crippen LogP contribution in [0.5, 0.6) is 5.75 Å². The number of carbonyl (C=O) groups is 1. The highest BCUT2D eigenvalue weighted by molar-refractivity contribution is 5.94. The normalized spacial score (nSPS) is 13.4. The van der Waals surface area contributed by atoms with Crippen LogP contribution >= 0.6 is 0 Å². The average molecular weight is 357 g/mol. The Kier molecular flexibility index (Phi) is 3.39. The molecule has 0 aliphatic carbocycles. The molecule has 2 aromatic heterocycles. The van der Waals surface area contributed by atoms with Crippen molar-refractivity contribution in [3.05, 3.63) is 60.4 Å². The minimum Gasteiger partial charge on any atom is -0.508 e. The van der Waals surface area contributed by atoms with Crippen molar-refractivity contribution in [2.45, 2.75) is 6.54 Å². The number of hydrogen-bond donors (Lipinski definition) is 2. The van der Waals surface area contributed by atoms with E-state index >= 15 is 0 Å². The smallest absolute Gasteiger partial charge is 0.269 e. The maximum Gasteiger partial charge on any atom is 0.269 e. The predicted octanol–water partition coefficient (Wildman–Crippen LogP) is 2.61. The van der Waals surface area contributed by atoms with Crippen molar-refractivity contribution in [2.75, 3.05) is 6.54 Å². The highest BCUT2D eigenvalue weighted by Crippen LogP contribution is 2.26. The number of phenolic OH excluding ortho intramolecular Hbond substituents is 1. The zero-order chi connectivity index (χ0) is 18.4. The third-order valence-corrected chi connectivity index (χ3v) is 4.62. The van der Waals surface area contributed by atoms with Gasteiger partial charge in [-0.05, 0) is 41.1 Å². The van der Waals surface area contributed by atoms with Crippen LogP contribution in [0.3, 0.4) is 0 Å². The van der Waals surface area contributed by atoms with Gasteiger partial charge in [0.25, 0.3) is 5.91 Å². The molecule has 0 bridgehead atoms. The fourth-order valence-electron chi connectivity index (χ4n) is 3.27. The van der Waals surface area contributed by atoms with Gasteiger partial charge in [-0.25, -0.2) is 9.97 Å². The number of aromatic hydroxyl groups is 1. The molecule has 132 valence electrons. The van der Waals surface area contributed by atoms with Gasteiger partial charge in [0.2, 0.25) is 0 Å². The van der Waals surface area contributed by atoms with Gasteiger partial charge in [0.05, 0.1) is 12.2 Å². The van der Waals surface area contributed by atoms with Gasteiger partial charge >= 0.3 is 0 Å². The first-order valence-corrected chi connectivity index (χ1v) is 8.60. The van der Waals surface area contributed by atoms with Crippen LogP contribution in [-0.4, -0.2) is 37.3 Å². The first-order valence-electron chi connectivity index (χ1n) is 8.60. The number of carbonyl (C=O) groups excluding carboxylic acids is 1. The van der Waals surface area contributed by atoms with Crippen molar-refractivity contribution < 1.29 is 9.90 Å². The standard InChI is InChI=1S/C20H15N5O2/c26-15-4-3-12-9-14(2-1-13(12)10-15)19-21-6-5-16(23-19)17-11-18-20(27)22-7-8-25(18)24-17/h1-6,9-11,26H,7-8H2,(H,22,27). The van der Waals surface area contributed by atoms with Crippen molar-refractivity contribution in [2.24, 2.45) is 0 Å². The Bertz CT molecular complexity index is 1200. The van der Waals surface area contributed by atoms with Crippen molar-refractivity contribution in [1.82, 2.24) is 25.1 Å². The van der Waals surface area contributed by atoms with Gasteiger partial charge in [-0.15, -0.1) is 0 Å². The quantitative estimate of drug-likeness (QED) is 0.575. The number of phenols is 1. The highest BCUT2D eigenvalue weighted by Gasteiger charge is 2.20. The summed E-state index contributed by atoms with van der Waals surface area (Å²) in [4.78, 5) is 21.0. The predicted molar refractivity (Wildman–Crippen MR) is 100 cm³/mol. The lowest BCUT2D eigenvalue weighted by Crippen LogP contribution is -2.35. The van der Waals surface area contributed by atoms with Crippen LogP contribution in [0.1, 0.15) is 10.5 Å². The molecule has 1 amide bonds. The molecule has 0 radical (unpaired) electrons. The van der Waals surface area contributed by atoms with Gasteiger partial charge in [-0.2, -0.15) is 5.10 Å². The second-order valence-electron chi connectivity index (χ2n) is 6.41. The molecule has 1 aliphatic heterocycles. The van der Waals surface area contributed by atoms with Crippen LogP contribution in [0, 0.1) is 0 Å². The second-order valence-corrected chi connectivity index (χ2v) is 6.41. The van der Waals surface area contributed by atoms with Crippen LogP contribution in [0.25, 0.3) is 33.5 Å². The molecular formula is C20H15N5O2. The van der Waals surface area contributed by atoms with E-state index in [9.17, 15) is 9.90 Å². The molecule has 27 heavy (non-hydrogen) atoms. The maximum atomic E-state index is 11.9. The van der Waals surface area contributed by atoms with Crippen LogP contribution in [0.2, 0.25) is 0 Å². The molecule has 5 rings (SSSR count). The van der Waals surface area contributed by atoms with E-state index in [2.05, 4.69) is 20.4 Å². The molecule has 0 saturated heterocycles. The number of amides is 1. The third-order valence-electron chi connectivity index (χ3n) is 4.62. The van der Waals surface area contributed by atoms with E-state index in [1.54, 1.807) is 35.1 Å². The fourth-order valence-corrected chi connectivity index (χ4v) is 3.27. The molecule has 0 unspecified atom stereocenters. The van der Waals surface area contributed by atoms with Crippen LogP contribution in [-0.2, 0) is 6.54 Å². The fraction of sp³-hybridized carbons (Fsp3) is 0.100. The lowest BCUT2D eigenvalue weighted by molar-refractivity contribution is 0.0924. The molecule has 2 aromatic carbocycles. The van der Waals surface area contributed by atoms with E-state index in [0.29, 0.717) is 36.0 Å². The molecule has 0 atom stereocenters. The number of nitrogens with zero attached hydrogens (tertiary/aromatic N) is 4. The number of hydrogen-bond acceptors (Lipinski definition) is 5. The summed E-state index contributed by atoms with van der Waals surface area (Å²) < 4.78 is 1.71. The SMILES string of the molecule is O=C1NCCn2nc(-c3ccnc(-c4ccc5cc(O)ccc5c4)n3)cc21. The van der Waals surface area contributed by atoms with Crippen LogP contribution in [0.15, 0.2) is 54.7 Å². The lowest BCUT2D eigenvalue weighted by atomic mass is 10.1. The number of aromatic nitrogens is 4. The zero-order valence-corrected chi connectivity index (χ0v) is 14.3. The minimum absolute atomic E-state index is 0.118. The van der Waals surface area contributed by atoms with E-state index in [0.717, 1.165) is 16.3 Å². The molecule has 2 N–H and O–H groups in total. The maximum absolute atomic E-state index is 11.9. The number of benzene rings is 2. The Morgan fingerprint density at radius 2 is 1.85 bits per heavy atom. The minimum atomic E-state index is -0.118. The Labute approximate surface area is 154 Å². The molecule has 0 saturated carbocycles. The van der Waals surface area contributed by atoms with E-state index < -0.39 is 0 Å². The Morgan fingerprint density at radius 1 is 1.00 bits per heavy atom. The Balaban J connectivity index is 1.56. The van der Waals surface area contributed by atoms with Gasteiger partial charge in [0.1, 0.15) is 17.1 Å². The molecule has 7 heteroatoms. The largest absolute Gasteiger partial charge is 0.508 e. The molecule has 1 aliphatic rings. The zero-order valence-electron chi connectivity index (χ0n) is 14.3. The van der Waals surface area contributed by atoms with Gasteiger partial charge in [0.15, 0.2) is 5.82 Å². The van der Waals surface area contributed by atoms with Crippen molar-refractivity contribution in [1.29, 1.82) is 0 Å². The summed E-state index contributed by atoms with van der Waals surface area (Å²) in [5, 5.41) is 18.9. The Hall–Kier alpha value is -3.74. The van der Waals surface area contributed by atoms with Gasteiger partial charge in [0, 0.05) is 18.3 Å². The summed E-state index contributed by atoms with van der Waals surface area (Å²) in [6.45, 7) is 1.23. The van der Waals surface area contributed by atoms with Crippen molar-refractivity contribution >= 4 is 16.7 Å². The van der Waals surface area contributed by atoms with Crippen LogP contribution < -0.4 is 5.32 Å². The summed E-state index contributed by atoms with van der Waals surface area (Å²) in [6, 6.07) is 14.6. The Morgan fingerprint density at radius 3 is 2.74 bits per heavy atom. The van der Waals surface area contributed by atoms with E-state index in [-0.39, 0.29) is 11.7 Å². The summed E-state index contributed by atoms with van der Waals surface area (Å²) in [7, 11) is 0. The van der Waals surface area contributed by atoms with E-state index in [1.807, 2.05) is 24.3 Å². The number of fused-ring (bicyclic) bond motifs is 2. The summed E-state index contributed by atoms with van der Waals surface area (Å²) in [6.07, 6.45) is 1.69. The average Bonchev–Trinajstić information content (AvgIpc) is 3.13. The van der Waals surface area contributed by atoms with E-state index in [4.69, 9.17) is 0 Å². The highest BCUT2D eigenvalue weighted by atomic mass is 16.3. The van der Waals surface area contributed by atoms with Gasteiger partial charge < -0.3 is 10.4 Å². The second kappa shape index (κ2) is 5.91. The monoisotopic (exact) mass is 357 g/mol. The number of rotatable bonds is 2. The van der Waals surface area contributed by atoms with Gasteiger partial charge in [-0.3, -0.25) is 9.48 Å². The molecule has 3 heterocycles. The molecule has 4 aromatic rings. The molecular weight excluding hydrogens is 342 g/mol. The lowest BCUT2D eigenvalue weighted by Gasteiger charge is -2.13. The molecule has 0 spiro atoms. The molecule has 7 nitrogen and oxygen atoms in total. The molecule has 0 fully saturated rings. The topological polar surface area (TPSA) is 92.9 Å².